The van der Waals surface area contributed by atoms with Gasteiger partial charge in [0.15, 0.2) is 11.5 Å². The molecule has 6 heteroatoms. The molecule has 4 aliphatic carbocycles. The molecule has 0 spiro atoms. The quantitative estimate of drug-likeness (QED) is 0.520. The van der Waals surface area contributed by atoms with Crippen LogP contribution in [-0.4, -0.2) is 26.2 Å². The third kappa shape index (κ3) is 3.86. The van der Waals surface area contributed by atoms with Gasteiger partial charge in [-0.25, -0.2) is 0 Å². The average Bonchev–Trinajstić information content (AvgIpc) is 2.73. The molecule has 1 aromatic carbocycles. The van der Waals surface area contributed by atoms with Crippen LogP contribution in [0.1, 0.15) is 45.4 Å². The molecule has 4 fully saturated rings. The summed E-state index contributed by atoms with van der Waals surface area (Å²) < 4.78 is 10.5. The number of hydrogen-bond acceptors (Lipinski definition) is 5. The molecule has 0 aliphatic heterocycles. The van der Waals surface area contributed by atoms with E-state index in [9.17, 15) is 10.1 Å². The topological polar surface area (TPSA) is 83.4 Å². The Kier molecular flexibility index (Phi) is 5.64. The van der Waals surface area contributed by atoms with Crippen LogP contribution >= 0.6 is 0 Å². The zero-order chi connectivity index (χ0) is 21.3. The summed E-state index contributed by atoms with van der Waals surface area (Å²) in [5.41, 5.74) is 0.931. The number of hydrogen-bond donors (Lipinski definition) is 2. The Morgan fingerprint density at radius 1 is 1.13 bits per heavy atom. The van der Waals surface area contributed by atoms with E-state index < -0.39 is 5.91 Å². The molecule has 0 heterocycles. The van der Waals surface area contributed by atoms with Crippen molar-refractivity contribution in [3.8, 4) is 17.6 Å². The minimum absolute atomic E-state index is 0.0707. The monoisotopic (exact) mass is 409 g/mol. The van der Waals surface area contributed by atoms with Crippen molar-refractivity contribution in [3.05, 3.63) is 30.0 Å². The summed E-state index contributed by atoms with van der Waals surface area (Å²) in [6, 6.07) is 7.41. The van der Waals surface area contributed by atoms with E-state index in [-0.39, 0.29) is 11.6 Å². The second-order valence-corrected chi connectivity index (χ2v) is 9.36. The summed E-state index contributed by atoms with van der Waals surface area (Å²) in [7, 11) is 3.10. The highest BCUT2D eigenvalue weighted by atomic mass is 16.5. The van der Waals surface area contributed by atoms with Crippen molar-refractivity contribution in [2.75, 3.05) is 19.5 Å². The number of nitrogens with one attached hydrogen (secondary N) is 2. The number of carbonyl (C=O) groups is 1. The zero-order valence-electron chi connectivity index (χ0n) is 18.0. The predicted octanol–water partition coefficient (Wildman–Crippen LogP) is 4.24. The van der Waals surface area contributed by atoms with Crippen molar-refractivity contribution in [1.29, 1.82) is 5.26 Å². The lowest BCUT2D eigenvalue weighted by atomic mass is 9.48. The van der Waals surface area contributed by atoms with Crippen LogP contribution in [0.5, 0.6) is 11.5 Å². The molecule has 160 valence electrons. The van der Waals surface area contributed by atoms with E-state index in [1.807, 2.05) is 6.07 Å². The Labute approximate surface area is 178 Å². The summed E-state index contributed by atoms with van der Waals surface area (Å²) in [5, 5.41) is 15.7. The van der Waals surface area contributed by atoms with Gasteiger partial charge < -0.3 is 20.1 Å². The lowest BCUT2D eigenvalue weighted by Gasteiger charge is -2.59. The molecule has 4 saturated carbocycles. The zero-order valence-corrected chi connectivity index (χ0v) is 18.0. The van der Waals surface area contributed by atoms with E-state index >= 15 is 0 Å². The van der Waals surface area contributed by atoms with Gasteiger partial charge >= 0.3 is 0 Å². The molecule has 1 aromatic rings. The average molecular weight is 410 g/mol. The minimum Gasteiger partial charge on any atom is -0.493 e. The normalized spacial score (nSPS) is 30.3. The summed E-state index contributed by atoms with van der Waals surface area (Å²) in [4.78, 5) is 12.6. The number of nitrogens with zero attached hydrogens (tertiary/aromatic N) is 1. The summed E-state index contributed by atoms with van der Waals surface area (Å²) in [5.74, 6) is 3.27. The fourth-order valence-electron chi connectivity index (χ4n) is 6.35. The van der Waals surface area contributed by atoms with Crippen LogP contribution in [0, 0.1) is 34.5 Å². The molecule has 4 aliphatic rings. The maximum atomic E-state index is 12.6. The molecule has 6 nitrogen and oxygen atoms in total. The fraction of sp³-hybridized carbons (Fsp3) is 0.583. The second-order valence-electron chi connectivity index (χ2n) is 9.36. The standard InChI is InChI=1S/C24H31N3O3/c1-15(24-10-16-6-17(11-24)8-18(7-16)12-24)26-14-19(13-25)23(28)27-20-4-5-21(29-2)22(9-20)30-3/h4-5,9,14-18,26H,6-8,10-12H2,1-3H3,(H,27,28)/b19-14-. The van der Waals surface area contributed by atoms with E-state index in [1.165, 1.54) is 38.5 Å². The third-order valence-corrected chi connectivity index (χ3v) is 7.49. The van der Waals surface area contributed by atoms with Gasteiger partial charge in [-0.05, 0) is 80.8 Å². The van der Waals surface area contributed by atoms with E-state index in [2.05, 4.69) is 17.6 Å². The molecule has 2 N–H and O–H groups in total. The molecule has 1 atom stereocenters. The molecule has 0 radical (unpaired) electrons. The van der Waals surface area contributed by atoms with E-state index in [0.29, 0.717) is 22.6 Å². The minimum atomic E-state index is -0.435. The summed E-state index contributed by atoms with van der Waals surface area (Å²) >= 11 is 0. The lowest BCUT2D eigenvalue weighted by Crippen LogP contribution is -2.54. The van der Waals surface area contributed by atoms with Gasteiger partial charge in [-0.3, -0.25) is 4.79 Å². The van der Waals surface area contributed by atoms with Crippen molar-refractivity contribution in [2.45, 2.75) is 51.5 Å². The van der Waals surface area contributed by atoms with Gasteiger partial charge in [0.05, 0.1) is 14.2 Å². The van der Waals surface area contributed by atoms with Crippen molar-refractivity contribution in [2.24, 2.45) is 23.2 Å². The van der Waals surface area contributed by atoms with Gasteiger partial charge in [-0.15, -0.1) is 0 Å². The van der Waals surface area contributed by atoms with Crippen LogP contribution in [-0.2, 0) is 4.79 Å². The summed E-state index contributed by atoms with van der Waals surface area (Å²) in [6.07, 6.45) is 9.64. The molecule has 0 saturated heterocycles. The van der Waals surface area contributed by atoms with Crippen LogP contribution in [0.3, 0.4) is 0 Å². The first-order valence-corrected chi connectivity index (χ1v) is 10.9. The lowest BCUT2D eigenvalue weighted by molar-refractivity contribution is -0.112. The highest BCUT2D eigenvalue weighted by molar-refractivity contribution is 6.06. The molecule has 1 amide bonds. The van der Waals surface area contributed by atoms with Gasteiger partial charge in [0.1, 0.15) is 11.6 Å². The number of carbonyl (C=O) groups excluding carboxylic acids is 1. The maximum Gasteiger partial charge on any atom is 0.267 e. The number of nitriles is 1. The predicted molar refractivity (Wildman–Crippen MR) is 115 cm³/mol. The van der Waals surface area contributed by atoms with Gasteiger partial charge in [-0.2, -0.15) is 5.26 Å². The SMILES string of the molecule is COc1ccc(NC(=O)/C(C#N)=C\NC(C)C23CC4CC(CC(C4)C2)C3)cc1OC. The van der Waals surface area contributed by atoms with Crippen molar-refractivity contribution >= 4 is 11.6 Å². The van der Waals surface area contributed by atoms with Crippen LogP contribution < -0.4 is 20.1 Å². The van der Waals surface area contributed by atoms with Gasteiger partial charge in [0, 0.05) is 24.0 Å². The Balaban J connectivity index is 1.42. The first-order chi connectivity index (χ1) is 14.5. The molecular weight excluding hydrogens is 378 g/mol. The number of anilines is 1. The molecule has 30 heavy (non-hydrogen) atoms. The van der Waals surface area contributed by atoms with Crippen molar-refractivity contribution in [3.63, 3.8) is 0 Å². The number of amides is 1. The highest BCUT2D eigenvalue weighted by Crippen LogP contribution is 2.61. The van der Waals surface area contributed by atoms with E-state index in [4.69, 9.17) is 9.47 Å². The van der Waals surface area contributed by atoms with Gasteiger partial charge in [-0.1, -0.05) is 0 Å². The van der Waals surface area contributed by atoms with E-state index in [0.717, 1.165) is 17.8 Å². The van der Waals surface area contributed by atoms with Gasteiger partial charge in [0.25, 0.3) is 5.91 Å². The highest BCUT2D eigenvalue weighted by Gasteiger charge is 2.53. The smallest absolute Gasteiger partial charge is 0.267 e. The molecule has 1 unspecified atom stereocenters. The Morgan fingerprint density at radius 3 is 2.27 bits per heavy atom. The van der Waals surface area contributed by atoms with Crippen molar-refractivity contribution in [1.82, 2.24) is 5.32 Å². The number of benzene rings is 1. The Hall–Kier alpha value is -2.68. The van der Waals surface area contributed by atoms with E-state index in [1.54, 1.807) is 38.6 Å². The fourth-order valence-corrected chi connectivity index (χ4v) is 6.35. The first-order valence-electron chi connectivity index (χ1n) is 10.9. The Bertz CT molecular complexity index is 851. The second kappa shape index (κ2) is 8.22. The van der Waals surface area contributed by atoms with Crippen LogP contribution in [0.4, 0.5) is 5.69 Å². The first kappa shape index (κ1) is 20.6. The van der Waals surface area contributed by atoms with Crippen LogP contribution in [0.25, 0.3) is 0 Å². The molecule has 0 aromatic heterocycles. The summed E-state index contributed by atoms with van der Waals surface area (Å²) in [6.45, 7) is 2.21. The third-order valence-electron chi connectivity index (χ3n) is 7.49. The number of ether oxygens (including phenoxy) is 2. The largest absolute Gasteiger partial charge is 0.493 e. The molecule has 5 rings (SSSR count). The maximum absolute atomic E-state index is 12.6. The number of methoxy groups -OCH3 is 2. The molecular formula is C24H31N3O3. The molecule has 4 bridgehead atoms. The van der Waals surface area contributed by atoms with Crippen LogP contribution in [0.2, 0.25) is 0 Å². The Morgan fingerprint density at radius 2 is 1.73 bits per heavy atom. The number of rotatable bonds is 7. The van der Waals surface area contributed by atoms with Crippen molar-refractivity contribution < 1.29 is 14.3 Å². The van der Waals surface area contributed by atoms with Gasteiger partial charge in [0.2, 0.25) is 0 Å². The van der Waals surface area contributed by atoms with Crippen LogP contribution in [0.15, 0.2) is 30.0 Å².